The molecule has 34 heavy (non-hydrogen) atoms. The van der Waals surface area contributed by atoms with Crippen LogP contribution in [-0.2, 0) is 24.2 Å². The summed E-state index contributed by atoms with van der Waals surface area (Å²) in [5.74, 6) is 0.829. The molecule has 0 spiro atoms. The molecule has 4 heterocycles. The fourth-order valence-corrected chi connectivity index (χ4v) is 5.24. The number of hydrogen-bond donors (Lipinski definition) is 3. The van der Waals surface area contributed by atoms with E-state index in [4.69, 9.17) is 5.73 Å². The van der Waals surface area contributed by atoms with E-state index >= 15 is 0 Å². The third-order valence-corrected chi connectivity index (χ3v) is 7.06. The number of fused-ring (bicyclic) bond motifs is 2. The zero-order valence-corrected chi connectivity index (χ0v) is 19.3. The lowest BCUT2D eigenvalue weighted by molar-refractivity contribution is -0.124. The van der Waals surface area contributed by atoms with E-state index in [-0.39, 0.29) is 11.5 Å². The summed E-state index contributed by atoms with van der Waals surface area (Å²) in [6.07, 6.45) is 6.21. The van der Waals surface area contributed by atoms with Gasteiger partial charge in [-0.2, -0.15) is 5.10 Å². The van der Waals surface area contributed by atoms with E-state index in [1.165, 1.54) is 21.5 Å². The van der Waals surface area contributed by atoms with Crippen molar-refractivity contribution in [1.82, 2.24) is 25.1 Å². The second-order valence-corrected chi connectivity index (χ2v) is 9.44. The average Bonchev–Trinajstić information content (AvgIpc) is 3.48. The van der Waals surface area contributed by atoms with Gasteiger partial charge in [0.2, 0.25) is 5.91 Å². The van der Waals surface area contributed by atoms with Gasteiger partial charge in [-0.25, -0.2) is 4.98 Å². The molecule has 0 bridgehead atoms. The van der Waals surface area contributed by atoms with Gasteiger partial charge < -0.3 is 16.4 Å². The summed E-state index contributed by atoms with van der Waals surface area (Å²) < 4.78 is 2.46. The number of hydrogen-bond acceptors (Lipinski definition) is 8. The van der Waals surface area contributed by atoms with Gasteiger partial charge in [-0.1, -0.05) is 30.3 Å². The molecule has 0 radical (unpaired) electrons. The number of nitrogens with zero attached hydrogens (tertiary/aromatic N) is 4. The third-order valence-electron chi connectivity index (χ3n) is 5.99. The standard InChI is InChI=1S/C24H25N7O2S/c25-22-17-11-16(34-20(17)14-29-30-22)12-28-23(32)19-8-9-21-27-13-18(24(33)31(19)21)26-10-4-7-15-5-2-1-3-6-15/h1-3,5-6,11,13-14,19,26H,4,7-10,12H2,(H2,25,30)(H,28,32). The average molecular weight is 476 g/mol. The second kappa shape index (κ2) is 9.60. The number of nitrogen functional groups attached to an aromatic ring is 1. The number of amides is 1. The number of benzene rings is 1. The SMILES string of the molecule is Nc1nncc2sc(CNC(=O)C3CCc4ncc(NCCCc5ccccc5)c(=O)n43)cc12. The van der Waals surface area contributed by atoms with Crippen LogP contribution in [0.15, 0.2) is 53.6 Å². The summed E-state index contributed by atoms with van der Waals surface area (Å²) in [5, 5.41) is 14.7. The van der Waals surface area contributed by atoms with E-state index in [1.807, 2.05) is 24.3 Å². The molecule has 0 saturated heterocycles. The van der Waals surface area contributed by atoms with Gasteiger partial charge in [0.25, 0.3) is 5.56 Å². The fourth-order valence-electron chi connectivity index (χ4n) is 4.27. The van der Waals surface area contributed by atoms with E-state index in [1.54, 1.807) is 12.4 Å². The Labute approximate surface area is 200 Å². The van der Waals surface area contributed by atoms with Crippen LogP contribution in [0.25, 0.3) is 10.1 Å². The molecular weight excluding hydrogens is 450 g/mol. The van der Waals surface area contributed by atoms with Crippen LogP contribution in [0.3, 0.4) is 0 Å². The highest BCUT2D eigenvalue weighted by atomic mass is 32.1. The maximum atomic E-state index is 13.1. The highest BCUT2D eigenvalue weighted by molar-refractivity contribution is 7.19. The number of aromatic nitrogens is 4. The molecule has 1 aromatic carbocycles. The number of anilines is 2. The van der Waals surface area contributed by atoms with E-state index in [0.29, 0.717) is 43.3 Å². The van der Waals surface area contributed by atoms with Crippen molar-refractivity contribution in [3.63, 3.8) is 0 Å². The summed E-state index contributed by atoms with van der Waals surface area (Å²) in [6.45, 7) is 1.00. The predicted molar refractivity (Wildman–Crippen MR) is 133 cm³/mol. The van der Waals surface area contributed by atoms with Crippen LogP contribution in [0.2, 0.25) is 0 Å². The summed E-state index contributed by atoms with van der Waals surface area (Å²) in [5.41, 5.74) is 7.37. The normalized spacial score (nSPS) is 14.8. The predicted octanol–water partition coefficient (Wildman–Crippen LogP) is 2.68. The molecule has 10 heteroatoms. The van der Waals surface area contributed by atoms with Crippen molar-refractivity contribution in [1.29, 1.82) is 0 Å². The highest BCUT2D eigenvalue weighted by Gasteiger charge is 2.31. The highest BCUT2D eigenvalue weighted by Crippen LogP contribution is 2.28. The molecule has 4 N–H and O–H groups in total. The van der Waals surface area contributed by atoms with E-state index in [0.717, 1.165) is 27.8 Å². The van der Waals surface area contributed by atoms with Crippen LogP contribution < -0.4 is 21.9 Å². The Hall–Kier alpha value is -3.79. The lowest BCUT2D eigenvalue weighted by Crippen LogP contribution is -2.36. The van der Waals surface area contributed by atoms with Crippen LogP contribution in [0.1, 0.15) is 35.1 Å². The number of carbonyl (C=O) groups is 1. The first-order valence-electron chi connectivity index (χ1n) is 11.3. The van der Waals surface area contributed by atoms with Crippen molar-refractivity contribution in [2.75, 3.05) is 17.6 Å². The van der Waals surface area contributed by atoms with Gasteiger partial charge >= 0.3 is 0 Å². The monoisotopic (exact) mass is 475 g/mol. The van der Waals surface area contributed by atoms with E-state index < -0.39 is 6.04 Å². The fraction of sp³-hybridized carbons (Fsp3) is 0.292. The lowest BCUT2D eigenvalue weighted by Gasteiger charge is -2.15. The minimum atomic E-state index is -0.566. The van der Waals surface area contributed by atoms with E-state index in [9.17, 15) is 9.59 Å². The summed E-state index contributed by atoms with van der Waals surface area (Å²) in [7, 11) is 0. The molecule has 0 saturated carbocycles. The van der Waals surface area contributed by atoms with Crippen LogP contribution in [0.5, 0.6) is 0 Å². The minimum Gasteiger partial charge on any atom is -0.382 e. The quantitative estimate of drug-likeness (QED) is 0.334. The van der Waals surface area contributed by atoms with Crippen LogP contribution in [0, 0.1) is 0 Å². The largest absolute Gasteiger partial charge is 0.382 e. The first kappa shape index (κ1) is 22.0. The number of carbonyl (C=O) groups excluding carboxylic acids is 1. The molecule has 0 fully saturated rings. The second-order valence-electron chi connectivity index (χ2n) is 8.27. The van der Waals surface area contributed by atoms with Crippen LogP contribution in [-0.4, -0.2) is 32.2 Å². The topological polar surface area (TPSA) is 128 Å². The first-order valence-corrected chi connectivity index (χ1v) is 12.1. The molecule has 1 aliphatic heterocycles. The smallest absolute Gasteiger partial charge is 0.277 e. The van der Waals surface area contributed by atoms with Gasteiger partial charge in [0.05, 0.1) is 23.6 Å². The molecule has 1 atom stereocenters. The molecule has 4 aromatic rings. The van der Waals surface area contributed by atoms with Gasteiger partial charge in [-0.15, -0.1) is 16.4 Å². The van der Waals surface area contributed by atoms with Crippen molar-refractivity contribution < 1.29 is 4.79 Å². The molecule has 0 aliphatic carbocycles. The number of thiophene rings is 1. The Kier molecular flexibility index (Phi) is 6.22. The molecular formula is C24H25N7O2S. The minimum absolute atomic E-state index is 0.189. The summed E-state index contributed by atoms with van der Waals surface area (Å²) in [4.78, 5) is 31.5. The molecule has 1 amide bonds. The number of rotatable bonds is 8. The van der Waals surface area contributed by atoms with Crippen LogP contribution in [0.4, 0.5) is 11.5 Å². The van der Waals surface area contributed by atoms with Crippen LogP contribution >= 0.6 is 11.3 Å². The van der Waals surface area contributed by atoms with E-state index in [2.05, 4.69) is 37.9 Å². The number of nitrogens with two attached hydrogens (primary N) is 1. The Morgan fingerprint density at radius 2 is 2.09 bits per heavy atom. The molecule has 5 rings (SSSR count). The number of nitrogens with one attached hydrogen (secondary N) is 2. The van der Waals surface area contributed by atoms with Crippen molar-refractivity contribution in [2.45, 2.75) is 38.3 Å². The Balaban J connectivity index is 1.23. The maximum Gasteiger partial charge on any atom is 0.277 e. The molecule has 3 aromatic heterocycles. The van der Waals surface area contributed by atoms with Crippen molar-refractivity contribution in [3.8, 4) is 0 Å². The molecule has 1 aliphatic rings. The molecule has 9 nitrogen and oxygen atoms in total. The first-order chi connectivity index (χ1) is 16.6. The van der Waals surface area contributed by atoms with Gasteiger partial charge in [-0.05, 0) is 30.9 Å². The summed E-state index contributed by atoms with van der Waals surface area (Å²) in [6, 6.07) is 11.6. The number of aryl methyl sites for hydroxylation is 2. The Bertz CT molecular complexity index is 1380. The lowest BCUT2D eigenvalue weighted by atomic mass is 10.1. The van der Waals surface area contributed by atoms with Gasteiger partial charge in [0.1, 0.15) is 17.6 Å². The Morgan fingerprint density at radius 3 is 2.91 bits per heavy atom. The maximum absolute atomic E-state index is 13.1. The Morgan fingerprint density at radius 1 is 1.24 bits per heavy atom. The third kappa shape index (κ3) is 4.49. The van der Waals surface area contributed by atoms with Gasteiger partial charge in [0.15, 0.2) is 5.82 Å². The molecule has 1 unspecified atom stereocenters. The summed E-state index contributed by atoms with van der Waals surface area (Å²) >= 11 is 1.51. The zero-order valence-electron chi connectivity index (χ0n) is 18.5. The van der Waals surface area contributed by atoms with Crippen molar-refractivity contribution in [2.24, 2.45) is 0 Å². The van der Waals surface area contributed by atoms with Crippen molar-refractivity contribution in [3.05, 3.63) is 75.4 Å². The zero-order chi connectivity index (χ0) is 23.5. The van der Waals surface area contributed by atoms with Gasteiger partial charge in [0, 0.05) is 23.2 Å². The van der Waals surface area contributed by atoms with Crippen molar-refractivity contribution >= 4 is 38.8 Å². The van der Waals surface area contributed by atoms with Gasteiger partial charge in [-0.3, -0.25) is 14.2 Å². The molecule has 174 valence electrons.